The summed E-state index contributed by atoms with van der Waals surface area (Å²) in [6, 6.07) is 8.61. The van der Waals surface area contributed by atoms with Gasteiger partial charge in [-0.15, -0.1) is 0 Å². The van der Waals surface area contributed by atoms with Crippen molar-refractivity contribution >= 4 is 34.4 Å². The lowest BCUT2D eigenvalue weighted by Crippen LogP contribution is -2.48. The number of carbonyl (C=O) groups excluding carboxylic acids is 2. The van der Waals surface area contributed by atoms with E-state index in [1.165, 1.54) is 19.3 Å². The average molecular weight is 439 g/mol. The van der Waals surface area contributed by atoms with E-state index in [1.807, 2.05) is 24.3 Å². The SMILES string of the molecule is N#CCNC(=O)[C@H](CC1CCCCC1)NC(=O)c1ccccc1I. The highest BCUT2D eigenvalue weighted by atomic mass is 127. The molecule has 1 atom stereocenters. The van der Waals surface area contributed by atoms with Crippen molar-refractivity contribution in [3.05, 3.63) is 33.4 Å². The summed E-state index contributed by atoms with van der Waals surface area (Å²) in [5, 5.41) is 14.1. The topological polar surface area (TPSA) is 82.0 Å². The molecule has 2 amide bonds. The smallest absolute Gasteiger partial charge is 0.253 e. The zero-order chi connectivity index (χ0) is 17.4. The van der Waals surface area contributed by atoms with Gasteiger partial charge in [-0.05, 0) is 47.1 Å². The van der Waals surface area contributed by atoms with Crippen molar-refractivity contribution < 1.29 is 9.59 Å². The van der Waals surface area contributed by atoms with Gasteiger partial charge in [0.15, 0.2) is 0 Å². The molecule has 0 aliphatic heterocycles. The van der Waals surface area contributed by atoms with Gasteiger partial charge in [-0.25, -0.2) is 0 Å². The number of benzene rings is 1. The maximum absolute atomic E-state index is 12.5. The Morgan fingerprint density at radius 1 is 1.25 bits per heavy atom. The van der Waals surface area contributed by atoms with Crippen LogP contribution < -0.4 is 10.6 Å². The third kappa shape index (κ3) is 5.48. The van der Waals surface area contributed by atoms with Gasteiger partial charge in [0.1, 0.15) is 12.6 Å². The Hall–Kier alpha value is -1.62. The van der Waals surface area contributed by atoms with Crippen LogP contribution in [0.25, 0.3) is 0 Å². The maximum Gasteiger partial charge on any atom is 0.253 e. The van der Waals surface area contributed by atoms with Crippen molar-refractivity contribution in [1.29, 1.82) is 5.26 Å². The predicted molar refractivity (Wildman–Crippen MR) is 100 cm³/mol. The molecule has 1 saturated carbocycles. The normalized spacial score (nSPS) is 16.0. The van der Waals surface area contributed by atoms with Gasteiger partial charge in [0.25, 0.3) is 5.91 Å². The van der Waals surface area contributed by atoms with Gasteiger partial charge in [0, 0.05) is 3.57 Å². The van der Waals surface area contributed by atoms with Gasteiger partial charge in [-0.3, -0.25) is 9.59 Å². The minimum absolute atomic E-state index is 0.0429. The van der Waals surface area contributed by atoms with Crippen molar-refractivity contribution in [1.82, 2.24) is 10.6 Å². The van der Waals surface area contributed by atoms with E-state index < -0.39 is 6.04 Å². The van der Waals surface area contributed by atoms with Gasteiger partial charge in [0.2, 0.25) is 5.91 Å². The zero-order valence-corrected chi connectivity index (χ0v) is 15.7. The van der Waals surface area contributed by atoms with Crippen LogP contribution in [-0.2, 0) is 4.79 Å². The van der Waals surface area contributed by atoms with Gasteiger partial charge in [-0.2, -0.15) is 5.26 Å². The molecule has 6 heteroatoms. The van der Waals surface area contributed by atoms with Crippen LogP contribution in [0, 0.1) is 20.8 Å². The highest BCUT2D eigenvalue weighted by molar-refractivity contribution is 14.1. The molecule has 0 aromatic heterocycles. The molecule has 0 bridgehead atoms. The Bertz CT molecular complexity index is 621. The second kappa shape index (κ2) is 9.62. The van der Waals surface area contributed by atoms with E-state index in [1.54, 1.807) is 6.07 Å². The zero-order valence-electron chi connectivity index (χ0n) is 13.6. The first-order valence-corrected chi connectivity index (χ1v) is 9.39. The van der Waals surface area contributed by atoms with Crippen LogP contribution in [0.15, 0.2) is 24.3 Å². The maximum atomic E-state index is 12.5. The first-order chi connectivity index (χ1) is 11.6. The lowest BCUT2D eigenvalue weighted by atomic mass is 9.84. The summed E-state index contributed by atoms with van der Waals surface area (Å²) in [4.78, 5) is 24.9. The van der Waals surface area contributed by atoms with Gasteiger partial charge in [0.05, 0.1) is 11.6 Å². The van der Waals surface area contributed by atoms with Crippen LogP contribution in [0.5, 0.6) is 0 Å². The Kier molecular flexibility index (Phi) is 7.50. The Morgan fingerprint density at radius 2 is 1.96 bits per heavy atom. The minimum Gasteiger partial charge on any atom is -0.341 e. The number of nitrogens with zero attached hydrogens (tertiary/aromatic N) is 1. The first kappa shape index (κ1) is 18.7. The molecule has 0 heterocycles. The standard InChI is InChI=1S/C18H22IN3O2/c19-15-9-5-4-8-14(15)17(23)22-16(18(24)21-11-10-20)12-13-6-2-1-3-7-13/h4-5,8-9,13,16H,1-3,6-7,11-12H2,(H,21,24)(H,22,23)/t16-/m0/s1. The largest absolute Gasteiger partial charge is 0.341 e. The summed E-state index contributed by atoms with van der Waals surface area (Å²) in [7, 11) is 0. The molecule has 0 unspecified atom stereocenters. The summed E-state index contributed by atoms with van der Waals surface area (Å²) >= 11 is 2.11. The number of hydrogen-bond acceptors (Lipinski definition) is 3. The second-order valence-corrected chi connectivity index (χ2v) is 7.28. The fourth-order valence-electron chi connectivity index (χ4n) is 3.12. The molecular weight excluding hydrogens is 417 g/mol. The number of rotatable bonds is 6. The van der Waals surface area contributed by atoms with Crippen LogP contribution in [-0.4, -0.2) is 24.4 Å². The molecule has 0 spiro atoms. The van der Waals surface area contributed by atoms with Crippen LogP contribution >= 0.6 is 22.6 Å². The molecule has 128 valence electrons. The highest BCUT2D eigenvalue weighted by Crippen LogP contribution is 2.27. The lowest BCUT2D eigenvalue weighted by Gasteiger charge is -2.26. The fraction of sp³-hybridized carbons (Fsp3) is 0.500. The van der Waals surface area contributed by atoms with Crippen molar-refractivity contribution in [2.75, 3.05) is 6.54 Å². The average Bonchev–Trinajstić information content (AvgIpc) is 2.60. The molecule has 24 heavy (non-hydrogen) atoms. The van der Waals surface area contributed by atoms with Gasteiger partial charge < -0.3 is 10.6 Å². The third-order valence-corrected chi connectivity index (χ3v) is 5.32. The summed E-state index contributed by atoms with van der Waals surface area (Å²) < 4.78 is 0.849. The molecule has 1 aliphatic rings. The lowest BCUT2D eigenvalue weighted by molar-refractivity contribution is -0.123. The highest BCUT2D eigenvalue weighted by Gasteiger charge is 2.26. The van der Waals surface area contributed by atoms with E-state index in [0.29, 0.717) is 17.9 Å². The fourth-order valence-corrected chi connectivity index (χ4v) is 3.75. The Balaban J connectivity index is 2.06. The Labute approximate surface area is 156 Å². The molecule has 5 nitrogen and oxygen atoms in total. The van der Waals surface area contributed by atoms with E-state index in [-0.39, 0.29) is 18.4 Å². The van der Waals surface area contributed by atoms with Crippen LogP contribution in [0.3, 0.4) is 0 Å². The second-order valence-electron chi connectivity index (χ2n) is 6.12. The van der Waals surface area contributed by atoms with Crippen molar-refractivity contribution in [2.24, 2.45) is 5.92 Å². The Morgan fingerprint density at radius 3 is 2.62 bits per heavy atom. The summed E-state index contributed by atoms with van der Waals surface area (Å²) in [6.45, 7) is -0.0429. The minimum atomic E-state index is -0.593. The van der Waals surface area contributed by atoms with Gasteiger partial charge in [-0.1, -0.05) is 44.2 Å². The molecule has 1 aliphatic carbocycles. The molecule has 1 aromatic carbocycles. The van der Waals surface area contributed by atoms with Crippen molar-refractivity contribution in [3.8, 4) is 6.07 Å². The van der Waals surface area contributed by atoms with E-state index in [0.717, 1.165) is 16.4 Å². The summed E-state index contributed by atoms with van der Waals surface area (Å²) in [5.41, 5.74) is 0.569. The number of nitriles is 1. The molecular formula is C18H22IN3O2. The van der Waals surface area contributed by atoms with E-state index in [4.69, 9.17) is 5.26 Å². The number of hydrogen-bond donors (Lipinski definition) is 2. The molecule has 1 aromatic rings. The number of nitrogens with one attached hydrogen (secondary N) is 2. The molecule has 2 rings (SSSR count). The van der Waals surface area contributed by atoms with E-state index in [9.17, 15) is 9.59 Å². The summed E-state index contributed by atoms with van der Waals surface area (Å²) in [5.74, 6) is -0.0685. The van der Waals surface area contributed by atoms with Crippen LogP contribution in [0.4, 0.5) is 0 Å². The third-order valence-electron chi connectivity index (χ3n) is 4.38. The molecule has 0 saturated heterocycles. The predicted octanol–water partition coefficient (Wildman–Crippen LogP) is 3.00. The number of halogens is 1. The summed E-state index contributed by atoms with van der Waals surface area (Å²) in [6.07, 6.45) is 6.44. The first-order valence-electron chi connectivity index (χ1n) is 8.32. The molecule has 2 N–H and O–H groups in total. The van der Waals surface area contributed by atoms with E-state index >= 15 is 0 Å². The van der Waals surface area contributed by atoms with Crippen LogP contribution in [0.2, 0.25) is 0 Å². The van der Waals surface area contributed by atoms with E-state index in [2.05, 4.69) is 33.2 Å². The van der Waals surface area contributed by atoms with Crippen molar-refractivity contribution in [2.45, 2.75) is 44.6 Å². The molecule has 0 radical (unpaired) electrons. The van der Waals surface area contributed by atoms with Gasteiger partial charge >= 0.3 is 0 Å². The van der Waals surface area contributed by atoms with Crippen LogP contribution in [0.1, 0.15) is 48.9 Å². The quantitative estimate of drug-likeness (QED) is 0.528. The monoisotopic (exact) mass is 439 g/mol. The number of amides is 2. The number of carbonyl (C=O) groups is 2. The van der Waals surface area contributed by atoms with Crippen molar-refractivity contribution in [3.63, 3.8) is 0 Å². The molecule has 1 fully saturated rings.